The third-order valence-electron chi connectivity index (χ3n) is 2.29. The first-order valence-corrected chi connectivity index (χ1v) is 5.74. The Bertz CT molecular complexity index is 564. The molecule has 0 aliphatic carbocycles. The van der Waals surface area contributed by atoms with E-state index in [1.54, 1.807) is 17.9 Å². The molecular weight excluding hydrogens is 284 g/mol. The van der Waals surface area contributed by atoms with Gasteiger partial charge in [-0.05, 0) is 18.2 Å². The van der Waals surface area contributed by atoms with Crippen molar-refractivity contribution in [1.82, 2.24) is 9.78 Å². The lowest BCUT2D eigenvalue weighted by atomic mass is 10.3. The summed E-state index contributed by atoms with van der Waals surface area (Å²) < 4.78 is 2.55. The summed E-state index contributed by atoms with van der Waals surface area (Å²) in [6, 6.07) is 7.60. The Morgan fingerprint density at radius 3 is 2.82 bits per heavy atom. The number of nitrogens with zero attached hydrogens (tertiary/aromatic N) is 2. The Hall–Kier alpha value is -1.82. The van der Waals surface area contributed by atoms with Crippen molar-refractivity contribution >= 4 is 27.5 Å². The number of amides is 1. The van der Waals surface area contributed by atoms with Gasteiger partial charge >= 0.3 is 0 Å². The van der Waals surface area contributed by atoms with Gasteiger partial charge < -0.3 is 11.1 Å². The lowest BCUT2D eigenvalue weighted by molar-refractivity contribution is 0.0996. The predicted octanol–water partition coefficient (Wildman–Crippen LogP) is 1.78. The molecule has 3 N–H and O–H groups in total. The Kier molecular flexibility index (Phi) is 3.14. The smallest absolute Gasteiger partial charge is 0.271 e. The van der Waals surface area contributed by atoms with Crippen LogP contribution < -0.4 is 11.1 Å². The summed E-state index contributed by atoms with van der Waals surface area (Å²) in [5.41, 5.74) is 6.94. The molecule has 1 heterocycles. The van der Waals surface area contributed by atoms with Crippen LogP contribution in [0.5, 0.6) is 0 Å². The van der Waals surface area contributed by atoms with Crippen molar-refractivity contribution in [2.75, 3.05) is 12.4 Å². The lowest BCUT2D eigenvalue weighted by Gasteiger charge is -2.00. The first kappa shape index (κ1) is 11.7. The molecule has 0 atom stereocenters. The number of nitrogens with two attached hydrogens (primary N) is 1. The molecule has 0 aliphatic heterocycles. The second kappa shape index (κ2) is 4.58. The minimum atomic E-state index is -0.553. The molecular formula is C11H11BrN4O. The summed E-state index contributed by atoms with van der Waals surface area (Å²) >= 11 is 3.38. The van der Waals surface area contributed by atoms with Gasteiger partial charge in [0.2, 0.25) is 0 Å². The van der Waals surface area contributed by atoms with Crippen molar-refractivity contribution in [1.29, 1.82) is 0 Å². The molecule has 2 rings (SSSR count). The molecule has 5 nitrogen and oxygen atoms in total. The van der Waals surface area contributed by atoms with Crippen LogP contribution in [-0.2, 0) is 0 Å². The number of hydrogen-bond acceptors (Lipinski definition) is 3. The number of hydrogen-bond donors (Lipinski definition) is 2. The van der Waals surface area contributed by atoms with Crippen LogP contribution in [0.1, 0.15) is 10.5 Å². The largest absolute Gasteiger partial charge is 0.385 e. The Morgan fingerprint density at radius 2 is 2.29 bits per heavy atom. The van der Waals surface area contributed by atoms with E-state index in [1.807, 2.05) is 24.3 Å². The van der Waals surface area contributed by atoms with Gasteiger partial charge in [-0.25, -0.2) is 4.68 Å². The molecule has 2 aromatic rings. The maximum atomic E-state index is 11.2. The fourth-order valence-corrected chi connectivity index (χ4v) is 1.88. The highest BCUT2D eigenvalue weighted by molar-refractivity contribution is 9.10. The highest BCUT2D eigenvalue weighted by atomic mass is 79.9. The number of aromatic nitrogens is 2. The van der Waals surface area contributed by atoms with Gasteiger partial charge in [0, 0.05) is 11.5 Å². The number of halogens is 1. The van der Waals surface area contributed by atoms with Gasteiger partial charge in [-0.2, -0.15) is 5.10 Å². The van der Waals surface area contributed by atoms with Crippen molar-refractivity contribution in [2.24, 2.45) is 5.73 Å². The SMILES string of the molecule is CNc1cn(-c2cccc(Br)c2)nc1C(N)=O. The molecule has 0 saturated heterocycles. The van der Waals surface area contributed by atoms with Gasteiger partial charge in [0.1, 0.15) is 0 Å². The maximum Gasteiger partial charge on any atom is 0.271 e. The highest BCUT2D eigenvalue weighted by Gasteiger charge is 2.13. The van der Waals surface area contributed by atoms with E-state index in [2.05, 4.69) is 26.3 Å². The van der Waals surface area contributed by atoms with Crippen molar-refractivity contribution in [3.8, 4) is 5.69 Å². The highest BCUT2D eigenvalue weighted by Crippen LogP contribution is 2.19. The molecule has 0 bridgehead atoms. The van der Waals surface area contributed by atoms with Crippen molar-refractivity contribution in [2.45, 2.75) is 0 Å². The fraction of sp³-hybridized carbons (Fsp3) is 0.0909. The van der Waals surface area contributed by atoms with Gasteiger partial charge in [-0.1, -0.05) is 22.0 Å². The number of benzene rings is 1. The molecule has 88 valence electrons. The van der Waals surface area contributed by atoms with E-state index in [0.29, 0.717) is 5.69 Å². The van der Waals surface area contributed by atoms with Crippen LogP contribution in [0.3, 0.4) is 0 Å². The van der Waals surface area contributed by atoms with Crippen LogP contribution in [-0.4, -0.2) is 22.7 Å². The lowest BCUT2D eigenvalue weighted by Crippen LogP contribution is -2.14. The van der Waals surface area contributed by atoms with Gasteiger partial charge in [0.25, 0.3) is 5.91 Å². The van der Waals surface area contributed by atoms with Crippen LogP contribution >= 0.6 is 15.9 Å². The van der Waals surface area contributed by atoms with Crippen LogP contribution in [0.15, 0.2) is 34.9 Å². The summed E-state index contributed by atoms with van der Waals surface area (Å²) in [4.78, 5) is 11.2. The van der Waals surface area contributed by atoms with Crippen LogP contribution in [0, 0.1) is 0 Å². The number of rotatable bonds is 3. The van der Waals surface area contributed by atoms with E-state index in [-0.39, 0.29) is 5.69 Å². The summed E-state index contributed by atoms with van der Waals surface area (Å²) in [6.07, 6.45) is 1.72. The average molecular weight is 295 g/mol. The molecule has 0 spiro atoms. The molecule has 1 aromatic heterocycles. The first-order chi connectivity index (χ1) is 8.11. The van der Waals surface area contributed by atoms with Crippen LogP contribution in [0.25, 0.3) is 5.69 Å². The van der Waals surface area contributed by atoms with E-state index in [0.717, 1.165) is 10.2 Å². The minimum Gasteiger partial charge on any atom is -0.385 e. The van der Waals surface area contributed by atoms with E-state index in [4.69, 9.17) is 5.73 Å². The topological polar surface area (TPSA) is 72.9 Å². The van der Waals surface area contributed by atoms with E-state index in [1.165, 1.54) is 0 Å². The second-order valence-electron chi connectivity index (χ2n) is 3.43. The molecule has 1 aromatic carbocycles. The average Bonchev–Trinajstić information content (AvgIpc) is 2.73. The van der Waals surface area contributed by atoms with Crippen LogP contribution in [0.2, 0.25) is 0 Å². The number of carbonyl (C=O) groups is 1. The van der Waals surface area contributed by atoms with E-state index in [9.17, 15) is 4.79 Å². The van der Waals surface area contributed by atoms with Crippen molar-refractivity contribution in [3.05, 3.63) is 40.6 Å². The first-order valence-electron chi connectivity index (χ1n) is 4.95. The molecule has 0 unspecified atom stereocenters. The van der Waals surface area contributed by atoms with Gasteiger partial charge in [-0.3, -0.25) is 4.79 Å². The summed E-state index contributed by atoms with van der Waals surface area (Å²) in [7, 11) is 1.72. The summed E-state index contributed by atoms with van der Waals surface area (Å²) in [5.74, 6) is -0.553. The predicted molar refractivity (Wildman–Crippen MR) is 69.3 cm³/mol. The molecule has 0 fully saturated rings. The Balaban J connectivity index is 2.50. The standard InChI is InChI=1S/C11H11BrN4O/c1-14-9-6-16(15-10(9)11(13)17)8-4-2-3-7(12)5-8/h2-6,14H,1H3,(H2,13,17). The Labute approximate surface area is 107 Å². The normalized spacial score (nSPS) is 10.2. The van der Waals surface area contributed by atoms with Gasteiger partial charge in [0.15, 0.2) is 5.69 Å². The minimum absolute atomic E-state index is 0.229. The summed E-state index contributed by atoms with van der Waals surface area (Å²) in [6.45, 7) is 0. The monoisotopic (exact) mass is 294 g/mol. The molecule has 17 heavy (non-hydrogen) atoms. The Morgan fingerprint density at radius 1 is 1.53 bits per heavy atom. The van der Waals surface area contributed by atoms with Crippen molar-refractivity contribution in [3.63, 3.8) is 0 Å². The quantitative estimate of drug-likeness (QED) is 0.906. The fourth-order valence-electron chi connectivity index (χ4n) is 1.49. The second-order valence-corrected chi connectivity index (χ2v) is 4.35. The number of anilines is 1. The molecule has 0 radical (unpaired) electrons. The zero-order valence-corrected chi connectivity index (χ0v) is 10.7. The van der Waals surface area contributed by atoms with Gasteiger partial charge in [0.05, 0.1) is 17.6 Å². The number of carbonyl (C=O) groups excluding carboxylic acids is 1. The molecule has 0 aliphatic rings. The van der Waals surface area contributed by atoms with E-state index >= 15 is 0 Å². The number of primary amides is 1. The van der Waals surface area contributed by atoms with Crippen LogP contribution in [0.4, 0.5) is 5.69 Å². The maximum absolute atomic E-state index is 11.2. The zero-order chi connectivity index (χ0) is 12.4. The molecule has 6 heteroatoms. The zero-order valence-electron chi connectivity index (χ0n) is 9.14. The molecule has 1 amide bonds. The number of nitrogens with one attached hydrogen (secondary N) is 1. The molecule has 0 saturated carbocycles. The van der Waals surface area contributed by atoms with E-state index < -0.39 is 5.91 Å². The third kappa shape index (κ3) is 2.31. The third-order valence-corrected chi connectivity index (χ3v) is 2.78. The van der Waals surface area contributed by atoms with Gasteiger partial charge in [-0.15, -0.1) is 0 Å². The summed E-state index contributed by atoms with van der Waals surface area (Å²) in [5, 5.41) is 7.04. The van der Waals surface area contributed by atoms with Crippen molar-refractivity contribution < 1.29 is 4.79 Å².